The average Bonchev–Trinajstić information content (AvgIpc) is 3.42. The van der Waals surface area contributed by atoms with Crippen molar-refractivity contribution in [3.8, 4) is 22.2 Å². The molecule has 3 aromatic heterocycles. The number of hydrogen-bond donors (Lipinski definition) is 1. The zero-order chi connectivity index (χ0) is 22.2. The lowest BCUT2D eigenvalue weighted by molar-refractivity contribution is -0.132. The number of fused-ring (bicyclic) bond motifs is 3. The normalized spacial score (nSPS) is 11.7. The van der Waals surface area contributed by atoms with Crippen LogP contribution in [0.15, 0.2) is 83.3 Å². The summed E-state index contributed by atoms with van der Waals surface area (Å²) in [6.45, 7) is 0. The molecule has 5 aromatic rings. The van der Waals surface area contributed by atoms with Crippen LogP contribution in [-0.4, -0.2) is 25.3 Å². The van der Waals surface area contributed by atoms with Gasteiger partial charge in [0.2, 0.25) is 0 Å². The van der Waals surface area contributed by atoms with Gasteiger partial charge in [0.15, 0.2) is 5.65 Å². The Morgan fingerprint density at radius 1 is 1.06 bits per heavy atom. The molecule has 0 aliphatic heterocycles. The van der Waals surface area contributed by atoms with Crippen LogP contribution in [0.2, 0.25) is 0 Å². The number of nitrogens with zero attached hydrogens (tertiary/aromatic N) is 4. The summed E-state index contributed by atoms with van der Waals surface area (Å²) in [6.07, 6.45) is 3.08. The molecule has 0 saturated carbocycles. The molecule has 7 nitrogen and oxygen atoms in total. The SMILES string of the molecule is N#C/C(=C\c1ccc(-c2ccc(-n3nc4c5ccccc5ccn4c3=O)cc2)s1)C(=O)O. The second kappa shape index (κ2) is 7.65. The monoisotopic (exact) mass is 438 g/mol. The predicted molar refractivity (Wildman–Crippen MR) is 123 cm³/mol. The lowest BCUT2D eigenvalue weighted by atomic mass is 10.2. The number of carboxylic acids is 1. The minimum absolute atomic E-state index is 0.250. The second-order valence-corrected chi connectivity index (χ2v) is 8.13. The van der Waals surface area contributed by atoms with Gasteiger partial charge in [-0.1, -0.05) is 36.4 Å². The molecule has 2 aromatic carbocycles. The number of carbonyl (C=O) groups is 1. The molecule has 5 rings (SSSR count). The number of carboxylic acid groups (broad SMARTS) is 1. The number of hydrogen-bond acceptors (Lipinski definition) is 5. The Morgan fingerprint density at radius 2 is 1.84 bits per heavy atom. The van der Waals surface area contributed by atoms with Crippen molar-refractivity contribution in [1.29, 1.82) is 5.26 Å². The highest BCUT2D eigenvalue weighted by Gasteiger charge is 2.12. The summed E-state index contributed by atoms with van der Waals surface area (Å²) >= 11 is 1.38. The third-order valence-electron chi connectivity index (χ3n) is 5.08. The molecule has 1 N–H and O–H groups in total. The fourth-order valence-electron chi connectivity index (χ4n) is 3.50. The first kappa shape index (κ1) is 19.5. The van der Waals surface area contributed by atoms with E-state index >= 15 is 0 Å². The van der Waals surface area contributed by atoms with Gasteiger partial charge in [-0.15, -0.1) is 16.4 Å². The van der Waals surface area contributed by atoms with Crippen LogP contribution in [0.4, 0.5) is 0 Å². The number of pyridine rings is 1. The molecule has 0 aliphatic rings. The van der Waals surface area contributed by atoms with E-state index in [1.54, 1.807) is 18.3 Å². The summed E-state index contributed by atoms with van der Waals surface area (Å²) in [5, 5.41) is 24.4. The van der Waals surface area contributed by atoms with Crippen LogP contribution in [0.25, 0.3) is 38.6 Å². The fraction of sp³-hybridized carbons (Fsp3) is 0. The van der Waals surface area contributed by atoms with Gasteiger partial charge >= 0.3 is 11.7 Å². The van der Waals surface area contributed by atoms with Gasteiger partial charge in [-0.2, -0.15) is 9.94 Å². The summed E-state index contributed by atoms with van der Waals surface area (Å²) < 4.78 is 2.91. The number of rotatable bonds is 4. The van der Waals surface area contributed by atoms with E-state index in [4.69, 9.17) is 10.4 Å². The van der Waals surface area contributed by atoms with Crippen LogP contribution in [0, 0.1) is 11.3 Å². The highest BCUT2D eigenvalue weighted by Crippen LogP contribution is 2.30. The molecular formula is C24H14N4O3S. The quantitative estimate of drug-likeness (QED) is 0.332. The van der Waals surface area contributed by atoms with E-state index in [2.05, 4.69) is 5.10 Å². The molecule has 0 bridgehead atoms. The molecule has 0 aliphatic carbocycles. The van der Waals surface area contributed by atoms with E-state index in [-0.39, 0.29) is 11.3 Å². The summed E-state index contributed by atoms with van der Waals surface area (Å²) in [5.41, 5.74) is 1.58. The molecule has 0 radical (unpaired) electrons. The highest BCUT2D eigenvalue weighted by molar-refractivity contribution is 7.16. The van der Waals surface area contributed by atoms with Crippen molar-refractivity contribution in [1.82, 2.24) is 14.2 Å². The van der Waals surface area contributed by atoms with E-state index in [0.29, 0.717) is 16.2 Å². The Kier molecular flexibility index (Phi) is 4.66. The Bertz CT molecular complexity index is 1630. The maximum absolute atomic E-state index is 12.9. The number of thiophene rings is 1. The smallest absolute Gasteiger partial charge is 0.355 e. The Balaban J connectivity index is 1.51. The number of nitriles is 1. The van der Waals surface area contributed by atoms with Crippen molar-refractivity contribution >= 4 is 39.8 Å². The van der Waals surface area contributed by atoms with Crippen molar-refractivity contribution in [2.75, 3.05) is 0 Å². The third-order valence-corrected chi connectivity index (χ3v) is 6.16. The van der Waals surface area contributed by atoms with Crippen LogP contribution >= 0.6 is 11.3 Å². The second-order valence-electron chi connectivity index (χ2n) is 7.01. The van der Waals surface area contributed by atoms with Crippen molar-refractivity contribution in [2.24, 2.45) is 0 Å². The minimum Gasteiger partial charge on any atom is -0.477 e. The molecular weight excluding hydrogens is 424 g/mol. The Labute approximate surface area is 185 Å². The molecule has 0 amide bonds. The maximum atomic E-state index is 12.9. The van der Waals surface area contributed by atoms with Crippen LogP contribution in [0.1, 0.15) is 4.88 Å². The number of benzene rings is 2. The van der Waals surface area contributed by atoms with Crippen LogP contribution in [-0.2, 0) is 4.79 Å². The van der Waals surface area contributed by atoms with Gasteiger partial charge < -0.3 is 5.11 Å². The maximum Gasteiger partial charge on any atom is 0.355 e. The average molecular weight is 438 g/mol. The molecule has 154 valence electrons. The first-order valence-corrected chi connectivity index (χ1v) is 10.4. The molecule has 0 unspecified atom stereocenters. The standard InChI is InChI=1S/C24H14N4O3S/c25-14-17(23(29)30)13-19-9-10-21(32-19)16-5-7-18(8-6-16)28-24(31)27-12-11-15-3-1-2-4-20(15)22(27)26-28/h1-13H,(H,29,30)/b17-13+. The van der Waals surface area contributed by atoms with E-state index in [9.17, 15) is 9.59 Å². The molecule has 0 atom stereocenters. The predicted octanol–water partition coefficient (Wildman–Crippen LogP) is 4.36. The Hall–Kier alpha value is -4.48. The zero-order valence-electron chi connectivity index (χ0n) is 16.5. The van der Waals surface area contributed by atoms with Gasteiger partial charge in [0.05, 0.1) is 5.69 Å². The Morgan fingerprint density at radius 3 is 2.59 bits per heavy atom. The summed E-state index contributed by atoms with van der Waals surface area (Å²) in [7, 11) is 0. The van der Waals surface area contributed by atoms with Crippen LogP contribution in [0.5, 0.6) is 0 Å². The minimum atomic E-state index is -1.25. The molecule has 0 saturated heterocycles. The first-order valence-electron chi connectivity index (χ1n) is 9.60. The van der Waals surface area contributed by atoms with Crippen molar-refractivity contribution in [3.05, 3.63) is 93.9 Å². The van der Waals surface area contributed by atoms with Gasteiger partial charge in [0, 0.05) is 21.3 Å². The number of aromatic nitrogens is 3. The lowest BCUT2D eigenvalue weighted by Gasteiger charge is -2.01. The highest BCUT2D eigenvalue weighted by atomic mass is 32.1. The van der Waals surface area contributed by atoms with Crippen molar-refractivity contribution < 1.29 is 9.90 Å². The van der Waals surface area contributed by atoms with Gasteiger partial charge in [0.25, 0.3) is 0 Å². The summed E-state index contributed by atoms with van der Waals surface area (Å²) in [5.74, 6) is -1.25. The van der Waals surface area contributed by atoms with Gasteiger partial charge in [-0.3, -0.25) is 0 Å². The van der Waals surface area contributed by atoms with E-state index in [1.165, 1.54) is 26.5 Å². The van der Waals surface area contributed by atoms with Crippen LogP contribution < -0.4 is 5.69 Å². The molecule has 0 spiro atoms. The topological polar surface area (TPSA) is 100 Å². The van der Waals surface area contributed by atoms with Crippen molar-refractivity contribution in [3.63, 3.8) is 0 Å². The zero-order valence-corrected chi connectivity index (χ0v) is 17.3. The summed E-state index contributed by atoms with van der Waals surface area (Å²) in [4.78, 5) is 25.5. The molecule has 3 heterocycles. The van der Waals surface area contributed by atoms with E-state index in [1.807, 2.05) is 60.7 Å². The van der Waals surface area contributed by atoms with Crippen LogP contribution in [0.3, 0.4) is 0 Å². The molecule has 8 heteroatoms. The number of aliphatic carboxylic acids is 1. The van der Waals surface area contributed by atoms with E-state index in [0.717, 1.165) is 21.2 Å². The first-order chi connectivity index (χ1) is 15.5. The largest absolute Gasteiger partial charge is 0.477 e. The summed E-state index contributed by atoms with van der Waals surface area (Å²) in [6, 6.07) is 22.4. The van der Waals surface area contributed by atoms with Crippen molar-refractivity contribution in [2.45, 2.75) is 0 Å². The molecule has 0 fully saturated rings. The molecule has 32 heavy (non-hydrogen) atoms. The van der Waals surface area contributed by atoms with Gasteiger partial charge in [-0.25, -0.2) is 14.0 Å². The van der Waals surface area contributed by atoms with E-state index < -0.39 is 5.97 Å². The lowest BCUT2D eigenvalue weighted by Crippen LogP contribution is -2.19. The fourth-order valence-corrected chi connectivity index (χ4v) is 4.46. The third kappa shape index (κ3) is 3.27. The van der Waals surface area contributed by atoms with Gasteiger partial charge in [0.1, 0.15) is 11.6 Å². The van der Waals surface area contributed by atoms with Gasteiger partial charge in [-0.05, 0) is 47.4 Å².